The molecular weight excluding hydrogens is 164 g/mol. The lowest BCUT2D eigenvalue weighted by Crippen LogP contribution is -2.40. The summed E-state index contributed by atoms with van der Waals surface area (Å²) in [5.74, 6) is 0. The highest BCUT2D eigenvalue weighted by Gasteiger charge is 2.01. The Kier molecular flexibility index (Phi) is 4.01. The van der Waals surface area contributed by atoms with Crippen LogP contribution < -0.4 is 16.0 Å². The summed E-state index contributed by atoms with van der Waals surface area (Å²) in [6.45, 7) is 5.52. The fourth-order valence-electron chi connectivity index (χ4n) is 1.27. The van der Waals surface area contributed by atoms with Gasteiger partial charge in [0.05, 0.1) is 0 Å². The maximum atomic E-state index is 7.06. The lowest BCUT2D eigenvalue weighted by atomic mass is 10.4. The van der Waals surface area contributed by atoms with Gasteiger partial charge in [0, 0.05) is 56.5 Å². The molecule has 0 bridgehead atoms. The van der Waals surface area contributed by atoms with Crippen LogP contribution in [0.3, 0.4) is 0 Å². The maximum Gasteiger partial charge on any atom is 0.0394 e. The first-order valence-electron chi connectivity index (χ1n) is 6.48. The molecule has 3 N–H and O–H groups in total. The Morgan fingerprint density at radius 2 is 1.31 bits per heavy atom. The van der Waals surface area contributed by atoms with Gasteiger partial charge in [-0.05, 0) is 6.98 Å². The van der Waals surface area contributed by atoms with Crippen LogP contribution in [-0.2, 0) is 0 Å². The largest absolute Gasteiger partial charge is 0.314 e. The third-order valence-electron chi connectivity index (χ3n) is 2.07. The average Bonchev–Trinajstić information content (AvgIpc) is 2.32. The minimum atomic E-state index is -1.89. The summed E-state index contributed by atoms with van der Waals surface area (Å²) in [5, 5.41) is 9.54. The Labute approximate surface area is 85.3 Å². The molecule has 0 unspecified atom stereocenters. The Morgan fingerprint density at radius 1 is 0.846 bits per heavy atom. The van der Waals surface area contributed by atoms with Crippen molar-refractivity contribution in [3.63, 3.8) is 0 Å². The third-order valence-corrected chi connectivity index (χ3v) is 2.07. The van der Waals surface area contributed by atoms with Gasteiger partial charge in [-0.3, -0.25) is 0 Å². The first-order valence-corrected chi connectivity index (χ1v) is 4.98. The molecule has 0 aromatic carbocycles. The number of nitrogens with zero attached hydrogens (tertiary/aromatic N) is 1. The van der Waals surface area contributed by atoms with Gasteiger partial charge in [-0.2, -0.15) is 0 Å². The fourth-order valence-corrected chi connectivity index (χ4v) is 1.27. The van der Waals surface area contributed by atoms with Crippen LogP contribution in [0.2, 0.25) is 0 Å². The molecule has 2 aliphatic heterocycles. The zero-order chi connectivity index (χ0) is 11.9. The highest BCUT2D eigenvalue weighted by molar-refractivity contribution is 4.62. The van der Waals surface area contributed by atoms with Gasteiger partial charge in [-0.15, -0.1) is 0 Å². The Morgan fingerprint density at radius 3 is 1.62 bits per heavy atom. The van der Waals surface area contributed by atoms with Crippen molar-refractivity contribution in [2.45, 2.75) is 0 Å². The molecule has 0 aromatic rings. The lowest BCUT2D eigenvalue weighted by molar-refractivity contribution is 0.291. The number of likely N-dealkylation sites (N-methyl/N-ethyl adjacent to an activating group) is 1. The Bertz CT molecular complexity index is 165. The fraction of sp³-hybridized carbons (Fsp3) is 1.00. The molecule has 0 aliphatic carbocycles. The number of rotatable bonds is 0. The van der Waals surface area contributed by atoms with Gasteiger partial charge >= 0.3 is 0 Å². The van der Waals surface area contributed by atoms with E-state index < -0.39 is 6.98 Å². The molecule has 0 saturated carbocycles. The van der Waals surface area contributed by atoms with Crippen molar-refractivity contribution in [2.75, 3.05) is 59.3 Å². The predicted molar refractivity (Wildman–Crippen MR) is 56.1 cm³/mol. The van der Waals surface area contributed by atoms with Crippen molar-refractivity contribution in [1.29, 1.82) is 0 Å². The summed E-state index contributed by atoms with van der Waals surface area (Å²) in [4.78, 5) is 1.52. The van der Waals surface area contributed by atoms with Crippen LogP contribution >= 0.6 is 0 Å². The van der Waals surface area contributed by atoms with Crippen LogP contribution in [0.15, 0.2) is 0 Å². The number of nitrogens with one attached hydrogen (secondary N) is 3. The summed E-state index contributed by atoms with van der Waals surface area (Å²) >= 11 is 0. The molecule has 4 nitrogen and oxygen atoms in total. The summed E-state index contributed by atoms with van der Waals surface area (Å²) < 4.78 is 21.2. The van der Waals surface area contributed by atoms with Gasteiger partial charge in [0.1, 0.15) is 0 Å². The second kappa shape index (κ2) is 7.26. The van der Waals surface area contributed by atoms with Gasteiger partial charge in [0.25, 0.3) is 0 Å². The van der Waals surface area contributed by atoms with Crippen molar-refractivity contribution in [3.05, 3.63) is 0 Å². The van der Waals surface area contributed by atoms with E-state index in [2.05, 4.69) is 16.0 Å². The molecule has 0 spiro atoms. The molecular formula is C9H22N4. The zero-order valence-electron chi connectivity index (χ0n) is 11.1. The summed E-state index contributed by atoms with van der Waals surface area (Å²) in [6.07, 6.45) is 0. The summed E-state index contributed by atoms with van der Waals surface area (Å²) in [6, 6.07) is 0. The van der Waals surface area contributed by atoms with Crippen LogP contribution in [0.4, 0.5) is 0 Å². The molecule has 2 saturated heterocycles. The van der Waals surface area contributed by atoms with E-state index in [1.807, 2.05) is 0 Å². The highest BCUT2D eigenvalue weighted by Crippen LogP contribution is 1.83. The maximum absolute atomic E-state index is 7.06. The number of hydrogen-bond acceptors (Lipinski definition) is 4. The SMILES string of the molecule is C1CNCCN1.[2H]C([2H])([2H])N1CCNCC1. The van der Waals surface area contributed by atoms with E-state index in [1.165, 1.54) is 4.90 Å². The van der Waals surface area contributed by atoms with E-state index >= 15 is 0 Å². The quantitative estimate of drug-likeness (QED) is 0.443. The standard InChI is InChI=1S/C5H12N2.C4H10N2/c1-7-4-2-6-3-5-7;1-2-6-4-3-5-1/h6H,2-5H2,1H3;5-6H,1-4H2/i1D3;. The van der Waals surface area contributed by atoms with Crippen molar-refractivity contribution >= 4 is 0 Å². The van der Waals surface area contributed by atoms with Crippen LogP contribution in [0, 0.1) is 0 Å². The molecule has 2 aliphatic rings. The molecule has 0 amide bonds. The van der Waals surface area contributed by atoms with Gasteiger partial charge in [0.2, 0.25) is 0 Å². The van der Waals surface area contributed by atoms with Gasteiger partial charge in [-0.25, -0.2) is 0 Å². The minimum absolute atomic E-state index is 0.635. The number of hydrogen-bond donors (Lipinski definition) is 3. The van der Waals surface area contributed by atoms with Crippen LogP contribution in [0.5, 0.6) is 0 Å². The second-order valence-corrected chi connectivity index (χ2v) is 3.24. The normalized spacial score (nSPS) is 29.1. The summed E-state index contributed by atoms with van der Waals surface area (Å²) in [5.41, 5.74) is 0. The van der Waals surface area contributed by atoms with Crippen LogP contribution in [-0.4, -0.2) is 64.2 Å². The van der Waals surface area contributed by atoms with Crippen molar-refractivity contribution in [2.24, 2.45) is 0 Å². The van der Waals surface area contributed by atoms with Crippen molar-refractivity contribution in [3.8, 4) is 0 Å². The van der Waals surface area contributed by atoms with E-state index in [-0.39, 0.29) is 0 Å². The molecule has 2 heterocycles. The Balaban J connectivity index is 0.000000181. The van der Waals surface area contributed by atoms with Crippen LogP contribution in [0.25, 0.3) is 0 Å². The van der Waals surface area contributed by atoms with E-state index in [4.69, 9.17) is 4.11 Å². The molecule has 0 aromatic heterocycles. The van der Waals surface area contributed by atoms with Crippen molar-refractivity contribution in [1.82, 2.24) is 20.9 Å². The molecule has 0 atom stereocenters. The number of piperazine rings is 2. The zero-order valence-corrected chi connectivity index (χ0v) is 8.10. The first-order chi connectivity index (χ1) is 7.61. The summed E-state index contributed by atoms with van der Waals surface area (Å²) in [7, 11) is 0. The molecule has 78 valence electrons. The topological polar surface area (TPSA) is 39.3 Å². The molecule has 13 heavy (non-hydrogen) atoms. The minimum Gasteiger partial charge on any atom is -0.314 e. The van der Waals surface area contributed by atoms with E-state index in [1.54, 1.807) is 0 Å². The van der Waals surface area contributed by atoms with Gasteiger partial charge < -0.3 is 20.9 Å². The lowest BCUT2D eigenvalue weighted by Gasteiger charge is -2.21. The monoisotopic (exact) mass is 189 g/mol. The predicted octanol–water partition coefficient (Wildman–Crippen LogP) is -1.30. The molecule has 0 radical (unpaired) electrons. The van der Waals surface area contributed by atoms with Gasteiger partial charge in [0.15, 0.2) is 0 Å². The smallest absolute Gasteiger partial charge is 0.0394 e. The van der Waals surface area contributed by atoms with Gasteiger partial charge in [-0.1, -0.05) is 0 Å². The highest BCUT2D eigenvalue weighted by atomic mass is 15.2. The van der Waals surface area contributed by atoms with E-state index in [0.29, 0.717) is 13.1 Å². The first kappa shape index (κ1) is 7.17. The molecule has 2 fully saturated rings. The second-order valence-electron chi connectivity index (χ2n) is 3.24. The van der Waals surface area contributed by atoms with Crippen molar-refractivity contribution < 1.29 is 4.11 Å². The molecule has 2 rings (SSSR count). The average molecular weight is 189 g/mol. The third kappa shape index (κ3) is 5.99. The van der Waals surface area contributed by atoms with E-state index in [0.717, 1.165) is 39.3 Å². The molecule has 4 heteroatoms. The Hall–Kier alpha value is -0.160. The van der Waals surface area contributed by atoms with Crippen LogP contribution in [0.1, 0.15) is 4.11 Å². The van der Waals surface area contributed by atoms with E-state index in [9.17, 15) is 0 Å².